The van der Waals surface area contributed by atoms with Crippen molar-refractivity contribution in [2.75, 3.05) is 12.3 Å². The number of aromatic nitrogens is 1. The summed E-state index contributed by atoms with van der Waals surface area (Å²) in [5, 5.41) is 2.77. The molecule has 0 radical (unpaired) electrons. The van der Waals surface area contributed by atoms with E-state index in [1.807, 2.05) is 12.1 Å². The molecule has 13 heavy (non-hydrogen) atoms. The Morgan fingerprint density at radius 2 is 2.46 bits per heavy atom. The summed E-state index contributed by atoms with van der Waals surface area (Å²) in [7, 11) is 0. The van der Waals surface area contributed by atoms with Gasteiger partial charge in [0.05, 0.1) is 0 Å². The molecular formula is C9H11N3O. The first kappa shape index (κ1) is 8.04. The van der Waals surface area contributed by atoms with E-state index in [1.165, 1.54) is 0 Å². The molecule has 1 saturated heterocycles. The third-order valence-electron chi connectivity index (χ3n) is 2.29. The molecule has 1 atom stereocenters. The predicted octanol–water partition coefficient (Wildman–Crippen LogP) is 0.267. The lowest BCUT2D eigenvalue weighted by atomic mass is 9.99. The second-order valence-corrected chi connectivity index (χ2v) is 3.18. The highest BCUT2D eigenvalue weighted by molar-refractivity contribution is 5.79. The molecule has 3 N–H and O–H groups in total. The minimum atomic E-state index is 0.0910. The fourth-order valence-corrected chi connectivity index (χ4v) is 1.60. The molecule has 2 heterocycles. The lowest BCUT2D eigenvalue weighted by Gasteiger charge is -2.08. The van der Waals surface area contributed by atoms with Gasteiger partial charge in [0.25, 0.3) is 0 Å². The van der Waals surface area contributed by atoms with Crippen LogP contribution in [0.4, 0.5) is 5.82 Å². The number of hydrogen-bond acceptors (Lipinski definition) is 3. The number of amides is 1. The number of carbonyl (C=O) groups excluding carboxylic acids is 1. The van der Waals surface area contributed by atoms with Gasteiger partial charge in [0, 0.05) is 25.1 Å². The van der Waals surface area contributed by atoms with Crippen LogP contribution >= 0.6 is 0 Å². The van der Waals surface area contributed by atoms with E-state index in [9.17, 15) is 4.79 Å². The predicted molar refractivity (Wildman–Crippen MR) is 49.0 cm³/mol. The van der Waals surface area contributed by atoms with Crippen molar-refractivity contribution >= 4 is 11.7 Å². The molecule has 1 aliphatic heterocycles. The van der Waals surface area contributed by atoms with Crippen LogP contribution in [0.25, 0.3) is 0 Å². The van der Waals surface area contributed by atoms with Crippen LogP contribution in [-0.2, 0) is 4.79 Å². The van der Waals surface area contributed by atoms with Gasteiger partial charge in [-0.25, -0.2) is 4.98 Å². The van der Waals surface area contributed by atoms with Crippen LogP contribution in [0.15, 0.2) is 18.3 Å². The van der Waals surface area contributed by atoms with Gasteiger partial charge in [0.15, 0.2) is 0 Å². The van der Waals surface area contributed by atoms with Crippen LogP contribution in [-0.4, -0.2) is 17.4 Å². The lowest BCUT2D eigenvalue weighted by molar-refractivity contribution is -0.119. The van der Waals surface area contributed by atoms with E-state index in [0.29, 0.717) is 18.8 Å². The summed E-state index contributed by atoms with van der Waals surface area (Å²) in [6.45, 7) is 0.675. The van der Waals surface area contributed by atoms with Crippen LogP contribution in [0.1, 0.15) is 17.9 Å². The number of anilines is 1. The summed E-state index contributed by atoms with van der Waals surface area (Å²) in [6.07, 6.45) is 2.18. The van der Waals surface area contributed by atoms with Crippen LogP contribution < -0.4 is 11.1 Å². The van der Waals surface area contributed by atoms with E-state index < -0.39 is 0 Å². The molecule has 1 amide bonds. The Morgan fingerprint density at radius 1 is 1.62 bits per heavy atom. The van der Waals surface area contributed by atoms with Crippen molar-refractivity contribution in [2.45, 2.75) is 12.3 Å². The number of nitrogens with two attached hydrogens (primary N) is 1. The van der Waals surface area contributed by atoms with E-state index in [0.717, 1.165) is 5.56 Å². The first-order chi connectivity index (χ1) is 6.27. The molecule has 0 saturated carbocycles. The minimum absolute atomic E-state index is 0.0910. The molecule has 4 nitrogen and oxygen atoms in total. The molecule has 1 aromatic heterocycles. The summed E-state index contributed by atoms with van der Waals surface area (Å²) in [6, 6.07) is 3.77. The van der Waals surface area contributed by atoms with Crippen molar-refractivity contribution in [3.8, 4) is 0 Å². The van der Waals surface area contributed by atoms with Crippen LogP contribution in [0.3, 0.4) is 0 Å². The normalized spacial score (nSPS) is 21.5. The number of hydrogen-bond donors (Lipinski definition) is 2. The highest BCUT2D eigenvalue weighted by atomic mass is 16.1. The van der Waals surface area contributed by atoms with Gasteiger partial charge in [-0.15, -0.1) is 0 Å². The molecule has 2 rings (SSSR count). The summed E-state index contributed by atoms with van der Waals surface area (Å²) in [4.78, 5) is 15.0. The van der Waals surface area contributed by atoms with E-state index in [2.05, 4.69) is 10.3 Å². The average molecular weight is 177 g/mol. The first-order valence-corrected chi connectivity index (χ1v) is 4.24. The van der Waals surface area contributed by atoms with E-state index >= 15 is 0 Å². The summed E-state index contributed by atoms with van der Waals surface area (Å²) < 4.78 is 0. The fourth-order valence-electron chi connectivity index (χ4n) is 1.60. The molecule has 0 spiro atoms. The smallest absolute Gasteiger partial charge is 0.220 e. The SMILES string of the molecule is Nc1ncccc1C1CNC(=O)C1. The molecule has 0 bridgehead atoms. The highest BCUT2D eigenvalue weighted by Crippen LogP contribution is 2.25. The lowest BCUT2D eigenvalue weighted by Crippen LogP contribution is -2.13. The van der Waals surface area contributed by atoms with Gasteiger partial charge in [-0.2, -0.15) is 0 Å². The molecule has 1 unspecified atom stereocenters. The van der Waals surface area contributed by atoms with Crippen molar-refractivity contribution in [1.82, 2.24) is 10.3 Å². The Hall–Kier alpha value is -1.58. The van der Waals surface area contributed by atoms with Gasteiger partial charge >= 0.3 is 0 Å². The molecule has 0 aliphatic carbocycles. The van der Waals surface area contributed by atoms with Crippen molar-refractivity contribution in [2.24, 2.45) is 0 Å². The summed E-state index contributed by atoms with van der Waals surface area (Å²) in [5.74, 6) is 0.818. The summed E-state index contributed by atoms with van der Waals surface area (Å²) in [5.41, 5.74) is 6.67. The van der Waals surface area contributed by atoms with E-state index in [-0.39, 0.29) is 11.8 Å². The topological polar surface area (TPSA) is 68.0 Å². The fraction of sp³-hybridized carbons (Fsp3) is 0.333. The second kappa shape index (κ2) is 3.05. The van der Waals surface area contributed by atoms with Crippen LogP contribution in [0.5, 0.6) is 0 Å². The Kier molecular flexibility index (Phi) is 1.88. The van der Waals surface area contributed by atoms with Gasteiger partial charge in [0.1, 0.15) is 5.82 Å². The quantitative estimate of drug-likeness (QED) is 0.646. The van der Waals surface area contributed by atoms with Crippen molar-refractivity contribution in [3.63, 3.8) is 0 Å². The molecule has 0 aromatic carbocycles. The van der Waals surface area contributed by atoms with Gasteiger partial charge in [0.2, 0.25) is 5.91 Å². The van der Waals surface area contributed by atoms with Gasteiger partial charge < -0.3 is 11.1 Å². The molecule has 1 fully saturated rings. The third-order valence-corrected chi connectivity index (χ3v) is 2.29. The van der Waals surface area contributed by atoms with Crippen LogP contribution in [0, 0.1) is 0 Å². The Labute approximate surface area is 76.2 Å². The number of nitrogens with one attached hydrogen (secondary N) is 1. The Balaban J connectivity index is 2.26. The molecule has 1 aliphatic rings. The van der Waals surface area contributed by atoms with E-state index in [4.69, 9.17) is 5.73 Å². The maximum Gasteiger partial charge on any atom is 0.220 e. The molecule has 4 heteroatoms. The number of pyridine rings is 1. The zero-order chi connectivity index (χ0) is 9.26. The van der Waals surface area contributed by atoms with Crippen molar-refractivity contribution < 1.29 is 4.79 Å². The molecule has 1 aromatic rings. The number of nitrogens with zero attached hydrogens (tertiary/aromatic N) is 1. The maximum atomic E-state index is 11.0. The summed E-state index contributed by atoms with van der Waals surface area (Å²) >= 11 is 0. The maximum absolute atomic E-state index is 11.0. The monoisotopic (exact) mass is 177 g/mol. The number of carbonyl (C=O) groups is 1. The van der Waals surface area contributed by atoms with E-state index in [1.54, 1.807) is 6.20 Å². The van der Waals surface area contributed by atoms with Gasteiger partial charge in [-0.05, 0) is 11.6 Å². The number of rotatable bonds is 1. The minimum Gasteiger partial charge on any atom is -0.383 e. The third kappa shape index (κ3) is 1.47. The largest absolute Gasteiger partial charge is 0.383 e. The highest BCUT2D eigenvalue weighted by Gasteiger charge is 2.24. The van der Waals surface area contributed by atoms with Gasteiger partial charge in [-0.1, -0.05) is 6.07 Å². The molecular weight excluding hydrogens is 166 g/mol. The van der Waals surface area contributed by atoms with Crippen molar-refractivity contribution in [1.29, 1.82) is 0 Å². The Morgan fingerprint density at radius 3 is 3.08 bits per heavy atom. The average Bonchev–Trinajstić information content (AvgIpc) is 2.53. The molecule has 68 valence electrons. The van der Waals surface area contributed by atoms with Crippen molar-refractivity contribution in [3.05, 3.63) is 23.9 Å². The zero-order valence-electron chi connectivity index (χ0n) is 7.16. The number of nitrogen functional groups attached to an aromatic ring is 1. The first-order valence-electron chi connectivity index (χ1n) is 4.24. The van der Waals surface area contributed by atoms with Crippen LogP contribution in [0.2, 0.25) is 0 Å². The second-order valence-electron chi connectivity index (χ2n) is 3.18. The standard InChI is InChI=1S/C9H11N3O/c10-9-7(2-1-3-11-9)6-4-8(13)12-5-6/h1-3,6H,4-5H2,(H2,10,11)(H,12,13). The Bertz CT molecular complexity index is 337. The van der Waals surface area contributed by atoms with Gasteiger partial charge in [-0.3, -0.25) is 4.79 Å². The zero-order valence-corrected chi connectivity index (χ0v) is 7.16.